The van der Waals surface area contributed by atoms with E-state index in [0.29, 0.717) is 6.67 Å². The standard InChI is InChI=1S/C20H18N4S/c1-23(13-15-10-11-16-6-2-3-7-17(16)12-15)14-24-20(25)18-8-4-5-9-19(18)21-22-24/h2-12H,13-14H2,1H3. The number of fused-ring (bicyclic) bond motifs is 2. The van der Waals surface area contributed by atoms with Crippen LogP contribution >= 0.6 is 12.2 Å². The molecule has 4 rings (SSSR count). The van der Waals surface area contributed by atoms with Crippen molar-refractivity contribution in [2.45, 2.75) is 13.2 Å². The minimum Gasteiger partial charge on any atom is -0.283 e. The van der Waals surface area contributed by atoms with E-state index in [1.165, 1.54) is 16.3 Å². The highest BCUT2D eigenvalue weighted by Crippen LogP contribution is 2.17. The van der Waals surface area contributed by atoms with Gasteiger partial charge in [0.25, 0.3) is 0 Å². The summed E-state index contributed by atoms with van der Waals surface area (Å²) < 4.78 is 2.49. The molecule has 3 aromatic carbocycles. The molecule has 0 radical (unpaired) electrons. The molecule has 0 atom stereocenters. The molecule has 0 unspecified atom stereocenters. The van der Waals surface area contributed by atoms with Gasteiger partial charge in [-0.2, -0.15) is 0 Å². The first-order valence-corrected chi connectivity index (χ1v) is 8.60. The van der Waals surface area contributed by atoms with Crippen molar-refractivity contribution in [1.82, 2.24) is 19.9 Å². The summed E-state index contributed by atoms with van der Waals surface area (Å²) in [6.45, 7) is 1.42. The molecular formula is C20H18N4S. The van der Waals surface area contributed by atoms with Crippen molar-refractivity contribution < 1.29 is 0 Å². The molecule has 0 fully saturated rings. The topological polar surface area (TPSA) is 34.0 Å². The first-order valence-electron chi connectivity index (χ1n) is 8.19. The highest BCUT2D eigenvalue weighted by Gasteiger charge is 2.06. The van der Waals surface area contributed by atoms with Crippen molar-refractivity contribution in [3.8, 4) is 0 Å². The van der Waals surface area contributed by atoms with Gasteiger partial charge in [-0.05, 0) is 41.6 Å². The molecule has 4 aromatic rings. The van der Waals surface area contributed by atoms with Crippen LogP contribution in [0.5, 0.6) is 0 Å². The molecule has 0 N–H and O–H groups in total. The third kappa shape index (κ3) is 3.29. The number of benzene rings is 3. The Morgan fingerprint density at radius 2 is 1.72 bits per heavy atom. The second-order valence-corrected chi connectivity index (χ2v) is 6.64. The van der Waals surface area contributed by atoms with Crippen molar-refractivity contribution in [3.63, 3.8) is 0 Å². The van der Waals surface area contributed by atoms with E-state index in [2.05, 4.69) is 64.7 Å². The molecule has 0 amide bonds. The molecule has 5 heteroatoms. The van der Waals surface area contributed by atoms with Gasteiger partial charge in [0.05, 0.1) is 12.2 Å². The highest BCUT2D eigenvalue weighted by molar-refractivity contribution is 7.71. The van der Waals surface area contributed by atoms with Crippen LogP contribution in [0.25, 0.3) is 21.7 Å². The summed E-state index contributed by atoms with van der Waals surface area (Å²) in [5.41, 5.74) is 2.10. The van der Waals surface area contributed by atoms with Gasteiger partial charge in [-0.25, -0.2) is 4.68 Å². The Balaban J connectivity index is 1.56. The highest BCUT2D eigenvalue weighted by atomic mass is 32.1. The fourth-order valence-corrected chi connectivity index (χ4v) is 3.31. The average Bonchev–Trinajstić information content (AvgIpc) is 2.64. The van der Waals surface area contributed by atoms with Crippen LogP contribution in [-0.4, -0.2) is 26.9 Å². The summed E-state index contributed by atoms with van der Waals surface area (Å²) in [6, 6.07) is 22.8. The van der Waals surface area contributed by atoms with Gasteiger partial charge in [-0.15, -0.1) is 5.10 Å². The zero-order valence-corrected chi connectivity index (χ0v) is 14.8. The Morgan fingerprint density at radius 3 is 2.60 bits per heavy atom. The summed E-state index contributed by atoms with van der Waals surface area (Å²) in [7, 11) is 2.06. The fourth-order valence-electron chi connectivity index (χ4n) is 3.04. The third-order valence-electron chi connectivity index (χ3n) is 4.27. The first kappa shape index (κ1) is 15.9. The summed E-state index contributed by atoms with van der Waals surface area (Å²) in [5, 5.41) is 12.0. The molecule has 1 aromatic heterocycles. The molecule has 0 saturated carbocycles. The van der Waals surface area contributed by atoms with Crippen molar-refractivity contribution >= 4 is 33.9 Å². The van der Waals surface area contributed by atoms with Gasteiger partial charge < -0.3 is 0 Å². The Hall–Kier alpha value is -2.63. The zero-order chi connectivity index (χ0) is 17.2. The van der Waals surface area contributed by atoms with E-state index in [1.807, 2.05) is 24.3 Å². The predicted molar refractivity (Wildman–Crippen MR) is 104 cm³/mol. The number of hydrogen-bond acceptors (Lipinski definition) is 4. The lowest BCUT2D eigenvalue weighted by Crippen LogP contribution is -2.24. The van der Waals surface area contributed by atoms with Gasteiger partial charge in [-0.1, -0.05) is 66.0 Å². The molecule has 1 heterocycles. The lowest BCUT2D eigenvalue weighted by molar-refractivity contribution is 0.239. The number of nitrogens with zero attached hydrogens (tertiary/aromatic N) is 4. The quantitative estimate of drug-likeness (QED) is 0.513. The minimum absolute atomic E-state index is 0.601. The zero-order valence-electron chi connectivity index (χ0n) is 14.0. The van der Waals surface area contributed by atoms with E-state index in [-0.39, 0.29) is 0 Å². The van der Waals surface area contributed by atoms with Gasteiger partial charge >= 0.3 is 0 Å². The SMILES string of the molecule is CN(Cc1ccc2ccccc2c1)Cn1nnc2ccccc2c1=S. The van der Waals surface area contributed by atoms with Crippen molar-refractivity contribution in [3.05, 3.63) is 76.9 Å². The number of hydrogen-bond donors (Lipinski definition) is 0. The first-order chi connectivity index (χ1) is 12.2. The van der Waals surface area contributed by atoms with Crippen LogP contribution < -0.4 is 0 Å². The monoisotopic (exact) mass is 346 g/mol. The van der Waals surface area contributed by atoms with Crippen LogP contribution in [0, 0.1) is 4.64 Å². The molecule has 0 aliphatic heterocycles. The molecule has 0 aliphatic carbocycles. The van der Waals surface area contributed by atoms with Crippen LogP contribution in [0.3, 0.4) is 0 Å². The van der Waals surface area contributed by atoms with Gasteiger partial charge in [0.1, 0.15) is 4.64 Å². The minimum atomic E-state index is 0.601. The fraction of sp³-hybridized carbons (Fsp3) is 0.150. The van der Waals surface area contributed by atoms with E-state index in [9.17, 15) is 0 Å². The van der Waals surface area contributed by atoms with E-state index < -0.39 is 0 Å². The van der Waals surface area contributed by atoms with Gasteiger partial charge in [0, 0.05) is 11.9 Å². The Kier molecular flexibility index (Phi) is 4.26. The molecule has 0 saturated heterocycles. The summed E-state index contributed by atoms with van der Waals surface area (Å²) in [5.74, 6) is 0. The lowest BCUT2D eigenvalue weighted by atomic mass is 10.1. The molecule has 25 heavy (non-hydrogen) atoms. The van der Waals surface area contributed by atoms with E-state index in [4.69, 9.17) is 12.2 Å². The maximum absolute atomic E-state index is 5.57. The van der Waals surface area contributed by atoms with Crippen LogP contribution in [0.2, 0.25) is 0 Å². The summed E-state index contributed by atoms with van der Waals surface area (Å²) in [4.78, 5) is 2.18. The Labute approximate surface area is 151 Å². The summed E-state index contributed by atoms with van der Waals surface area (Å²) >= 11 is 5.57. The maximum atomic E-state index is 5.57. The maximum Gasteiger partial charge on any atom is 0.135 e. The van der Waals surface area contributed by atoms with E-state index in [1.54, 1.807) is 4.68 Å². The van der Waals surface area contributed by atoms with Gasteiger partial charge in [-0.3, -0.25) is 4.90 Å². The predicted octanol–water partition coefficient (Wildman–Crippen LogP) is 4.40. The van der Waals surface area contributed by atoms with Crippen LogP contribution in [0.15, 0.2) is 66.7 Å². The van der Waals surface area contributed by atoms with Gasteiger partial charge in [0.2, 0.25) is 0 Å². The van der Waals surface area contributed by atoms with E-state index in [0.717, 1.165) is 22.1 Å². The van der Waals surface area contributed by atoms with Crippen molar-refractivity contribution in [2.24, 2.45) is 0 Å². The van der Waals surface area contributed by atoms with Gasteiger partial charge in [0.15, 0.2) is 0 Å². The molecule has 124 valence electrons. The second kappa shape index (κ2) is 6.70. The largest absolute Gasteiger partial charge is 0.283 e. The molecule has 0 spiro atoms. The third-order valence-corrected chi connectivity index (χ3v) is 4.70. The number of rotatable bonds is 4. The van der Waals surface area contributed by atoms with Crippen LogP contribution in [0.4, 0.5) is 0 Å². The second-order valence-electron chi connectivity index (χ2n) is 6.25. The molecule has 4 nitrogen and oxygen atoms in total. The normalized spacial score (nSPS) is 11.4. The lowest BCUT2D eigenvalue weighted by Gasteiger charge is -2.18. The number of aromatic nitrogens is 3. The Bertz CT molecular complexity index is 1100. The van der Waals surface area contributed by atoms with E-state index >= 15 is 0 Å². The molecular weight excluding hydrogens is 328 g/mol. The van der Waals surface area contributed by atoms with Crippen LogP contribution in [0.1, 0.15) is 5.56 Å². The molecule has 0 bridgehead atoms. The van der Waals surface area contributed by atoms with Crippen molar-refractivity contribution in [2.75, 3.05) is 7.05 Å². The summed E-state index contributed by atoms with van der Waals surface area (Å²) in [6.07, 6.45) is 0. The average molecular weight is 346 g/mol. The molecule has 0 aliphatic rings. The Morgan fingerprint density at radius 1 is 0.960 bits per heavy atom. The van der Waals surface area contributed by atoms with Crippen LogP contribution in [-0.2, 0) is 13.2 Å². The van der Waals surface area contributed by atoms with Crippen molar-refractivity contribution in [1.29, 1.82) is 0 Å². The smallest absolute Gasteiger partial charge is 0.135 e.